The molecular formula is C43H29N3O. The molecule has 8 aromatic rings. The number of hydrogen-bond donors (Lipinski definition) is 1. The first kappa shape index (κ1) is 27.1. The number of aliphatic imine (C=N–C) groups is 2. The Hall–Kier alpha value is -6.26. The zero-order chi connectivity index (χ0) is 31.2. The fourth-order valence-corrected chi connectivity index (χ4v) is 6.64. The van der Waals surface area contributed by atoms with Crippen molar-refractivity contribution in [3.8, 4) is 22.3 Å². The minimum Gasteiger partial charge on any atom is -0.456 e. The fraction of sp³-hybridized carbons (Fsp3) is 0.0233. The van der Waals surface area contributed by atoms with Crippen molar-refractivity contribution in [1.29, 1.82) is 0 Å². The number of amidine groups is 2. The second-order valence-electron chi connectivity index (χ2n) is 11.8. The molecule has 1 aliphatic heterocycles. The summed E-state index contributed by atoms with van der Waals surface area (Å²) in [7, 11) is 0. The number of furan rings is 1. The van der Waals surface area contributed by atoms with Crippen molar-refractivity contribution in [2.75, 3.05) is 0 Å². The van der Waals surface area contributed by atoms with Crippen LogP contribution < -0.4 is 5.32 Å². The first-order chi connectivity index (χ1) is 23.3. The third-order valence-corrected chi connectivity index (χ3v) is 8.93. The van der Waals surface area contributed by atoms with Crippen LogP contribution in [0.3, 0.4) is 0 Å². The van der Waals surface area contributed by atoms with Crippen LogP contribution in [0.15, 0.2) is 178 Å². The maximum Gasteiger partial charge on any atom is 0.169 e. The number of nitrogens with one attached hydrogen (secondary N) is 1. The highest BCUT2D eigenvalue weighted by molar-refractivity contribution is 6.19. The molecule has 1 aromatic heterocycles. The number of rotatable bonds is 5. The van der Waals surface area contributed by atoms with Gasteiger partial charge in [-0.1, -0.05) is 140 Å². The van der Waals surface area contributed by atoms with Gasteiger partial charge in [-0.2, -0.15) is 0 Å². The molecule has 47 heavy (non-hydrogen) atoms. The van der Waals surface area contributed by atoms with E-state index in [2.05, 4.69) is 127 Å². The van der Waals surface area contributed by atoms with E-state index in [4.69, 9.17) is 14.4 Å². The van der Waals surface area contributed by atoms with Crippen molar-refractivity contribution in [3.05, 3.63) is 180 Å². The van der Waals surface area contributed by atoms with Crippen LogP contribution in [0.4, 0.5) is 0 Å². The van der Waals surface area contributed by atoms with E-state index in [1.807, 2.05) is 42.5 Å². The highest BCUT2D eigenvalue weighted by atomic mass is 16.3. The molecule has 0 saturated carbocycles. The number of benzene rings is 7. The van der Waals surface area contributed by atoms with Crippen molar-refractivity contribution in [3.63, 3.8) is 0 Å². The molecule has 1 N–H and O–H groups in total. The van der Waals surface area contributed by atoms with Gasteiger partial charge in [0, 0.05) is 21.9 Å². The van der Waals surface area contributed by atoms with Gasteiger partial charge in [-0.15, -0.1) is 0 Å². The average Bonchev–Trinajstić information content (AvgIpc) is 3.54. The predicted octanol–water partition coefficient (Wildman–Crippen LogP) is 10.6. The molecule has 7 aromatic carbocycles. The van der Waals surface area contributed by atoms with Crippen LogP contribution in [-0.4, -0.2) is 11.7 Å². The second kappa shape index (κ2) is 11.3. The van der Waals surface area contributed by atoms with Crippen molar-refractivity contribution >= 4 is 44.4 Å². The minimum atomic E-state index is -0.401. The summed E-state index contributed by atoms with van der Waals surface area (Å²) in [5, 5.41) is 8.15. The van der Waals surface area contributed by atoms with Gasteiger partial charge in [-0.25, -0.2) is 9.98 Å². The van der Waals surface area contributed by atoms with Gasteiger partial charge >= 0.3 is 0 Å². The molecule has 1 atom stereocenters. The van der Waals surface area contributed by atoms with Crippen molar-refractivity contribution in [2.45, 2.75) is 6.17 Å². The van der Waals surface area contributed by atoms with Crippen molar-refractivity contribution in [1.82, 2.24) is 5.32 Å². The average molecular weight is 604 g/mol. The lowest BCUT2D eigenvalue weighted by Crippen LogP contribution is -2.36. The fourth-order valence-electron chi connectivity index (χ4n) is 6.64. The van der Waals surface area contributed by atoms with Gasteiger partial charge in [0.15, 0.2) is 6.17 Å². The van der Waals surface area contributed by atoms with Crippen molar-refractivity contribution < 1.29 is 4.42 Å². The van der Waals surface area contributed by atoms with E-state index >= 15 is 0 Å². The Morgan fingerprint density at radius 3 is 1.85 bits per heavy atom. The van der Waals surface area contributed by atoms with Crippen molar-refractivity contribution in [2.24, 2.45) is 9.98 Å². The Morgan fingerprint density at radius 2 is 1.06 bits per heavy atom. The third-order valence-electron chi connectivity index (χ3n) is 8.93. The molecule has 0 amide bonds. The Morgan fingerprint density at radius 1 is 0.447 bits per heavy atom. The lowest BCUT2D eigenvalue weighted by atomic mass is 9.92. The van der Waals surface area contributed by atoms with Crippen LogP contribution >= 0.6 is 0 Å². The lowest BCUT2D eigenvalue weighted by Gasteiger charge is -2.23. The molecule has 1 unspecified atom stereocenters. The molecular weight excluding hydrogens is 574 g/mol. The second-order valence-corrected chi connectivity index (χ2v) is 11.8. The molecule has 2 heterocycles. The Balaban J connectivity index is 1.21. The first-order valence-corrected chi connectivity index (χ1v) is 15.9. The van der Waals surface area contributed by atoms with Gasteiger partial charge < -0.3 is 9.73 Å². The van der Waals surface area contributed by atoms with Gasteiger partial charge in [0.1, 0.15) is 22.8 Å². The van der Waals surface area contributed by atoms with Crippen LogP contribution in [0.5, 0.6) is 0 Å². The molecule has 0 bridgehead atoms. The summed E-state index contributed by atoms with van der Waals surface area (Å²) in [6, 6.07) is 56.9. The summed E-state index contributed by atoms with van der Waals surface area (Å²) in [5.41, 5.74) is 9.43. The number of para-hydroxylation sites is 1. The highest BCUT2D eigenvalue weighted by Crippen LogP contribution is 2.40. The first-order valence-electron chi connectivity index (χ1n) is 15.9. The van der Waals surface area contributed by atoms with Crippen LogP contribution in [-0.2, 0) is 0 Å². The van der Waals surface area contributed by atoms with E-state index in [9.17, 15) is 0 Å². The predicted molar refractivity (Wildman–Crippen MR) is 194 cm³/mol. The van der Waals surface area contributed by atoms with E-state index < -0.39 is 6.17 Å². The maximum absolute atomic E-state index is 6.28. The van der Waals surface area contributed by atoms with Crippen LogP contribution in [0.2, 0.25) is 0 Å². The molecule has 0 radical (unpaired) electrons. The summed E-state index contributed by atoms with van der Waals surface area (Å²) in [4.78, 5) is 10.4. The summed E-state index contributed by atoms with van der Waals surface area (Å²) >= 11 is 0. The number of hydrogen-bond acceptors (Lipinski definition) is 4. The smallest absolute Gasteiger partial charge is 0.169 e. The summed E-state index contributed by atoms with van der Waals surface area (Å²) in [6.07, 6.45) is -0.401. The molecule has 0 fully saturated rings. The Bertz CT molecular complexity index is 2480. The molecule has 4 nitrogen and oxygen atoms in total. The zero-order valence-electron chi connectivity index (χ0n) is 25.5. The highest BCUT2D eigenvalue weighted by Gasteiger charge is 2.22. The molecule has 0 aliphatic carbocycles. The van der Waals surface area contributed by atoms with E-state index in [-0.39, 0.29) is 0 Å². The largest absolute Gasteiger partial charge is 0.456 e. The summed E-state index contributed by atoms with van der Waals surface area (Å²) in [5.74, 6) is 1.58. The molecule has 1 aliphatic rings. The quantitative estimate of drug-likeness (QED) is 0.213. The van der Waals surface area contributed by atoms with Crippen LogP contribution in [0, 0.1) is 0 Å². The monoisotopic (exact) mass is 603 g/mol. The van der Waals surface area contributed by atoms with Gasteiger partial charge in [0.25, 0.3) is 0 Å². The number of fused-ring (bicyclic) bond motifs is 4. The standard InChI is InChI=1S/C43H29N3O/c1-3-12-28(13-4-1)29-22-24-31(25-23-29)42-44-41(30-14-5-2-6-15-30)45-43(46-42)33-26-32-16-7-8-17-34(32)37(27-33)35-19-11-21-39-40(35)36-18-9-10-20-38(36)47-39/h1-27,42H,(H,44,45,46). The molecule has 222 valence electrons. The van der Waals surface area contributed by atoms with Gasteiger partial charge in [-0.3, -0.25) is 0 Å². The van der Waals surface area contributed by atoms with Gasteiger partial charge in [0.2, 0.25) is 0 Å². The molecule has 0 spiro atoms. The topological polar surface area (TPSA) is 49.9 Å². The molecule has 9 rings (SSSR count). The summed E-state index contributed by atoms with van der Waals surface area (Å²) < 4.78 is 6.28. The maximum atomic E-state index is 6.28. The van der Waals surface area contributed by atoms with E-state index in [0.717, 1.165) is 66.8 Å². The lowest BCUT2D eigenvalue weighted by molar-refractivity contribution is 0.669. The molecule has 4 heteroatoms. The van der Waals surface area contributed by atoms with Gasteiger partial charge in [0.05, 0.1) is 0 Å². The normalized spacial score (nSPS) is 14.6. The minimum absolute atomic E-state index is 0.401. The van der Waals surface area contributed by atoms with Crippen LogP contribution in [0.25, 0.3) is 55.0 Å². The van der Waals surface area contributed by atoms with E-state index in [1.54, 1.807) is 0 Å². The summed E-state index contributed by atoms with van der Waals surface area (Å²) in [6.45, 7) is 0. The van der Waals surface area contributed by atoms with Crippen LogP contribution in [0.1, 0.15) is 22.9 Å². The SMILES string of the molecule is c1ccc(C2=NC(c3ccc(-c4ccccc4)cc3)N=C(c3cc(-c4cccc5oc6ccccc6c45)c4ccccc4c3)N2)cc1. The van der Waals surface area contributed by atoms with Gasteiger partial charge in [-0.05, 0) is 62.9 Å². The Labute approximate surface area is 272 Å². The number of nitrogens with zero attached hydrogens (tertiary/aromatic N) is 2. The third kappa shape index (κ3) is 4.88. The Kier molecular flexibility index (Phi) is 6.50. The van der Waals surface area contributed by atoms with E-state index in [1.165, 1.54) is 16.5 Å². The zero-order valence-corrected chi connectivity index (χ0v) is 25.5. The molecule has 0 saturated heterocycles. The van der Waals surface area contributed by atoms with E-state index in [0.29, 0.717) is 0 Å².